The van der Waals surface area contributed by atoms with Crippen LogP contribution in [0.2, 0.25) is 0 Å². The Morgan fingerprint density at radius 1 is 1.57 bits per heavy atom. The molecule has 0 saturated heterocycles. The minimum Gasteiger partial charge on any atom is -0.465 e. The maximum absolute atomic E-state index is 13.3. The molecule has 1 rings (SSSR count). The van der Waals surface area contributed by atoms with E-state index in [0.29, 0.717) is 12.1 Å². The normalized spacial score (nSPS) is 13.1. The molecule has 0 heterocycles. The molecule has 1 atom stereocenters. The Kier molecular flexibility index (Phi) is 6.65. The molecule has 0 amide bonds. The zero-order chi connectivity index (χ0) is 15.7. The van der Waals surface area contributed by atoms with Gasteiger partial charge in [-0.05, 0) is 37.1 Å². The molecule has 6 nitrogen and oxygen atoms in total. The molecule has 1 N–H and O–H groups in total. The number of benzene rings is 1. The molecule has 0 spiro atoms. The summed E-state index contributed by atoms with van der Waals surface area (Å²) < 4.78 is 18.3. The number of carbonyl (C=O) groups excluding carboxylic acids is 1. The average Bonchev–Trinajstić information content (AvgIpc) is 2.44. The van der Waals surface area contributed by atoms with Crippen molar-refractivity contribution in [2.24, 2.45) is 5.11 Å². The molecular formula is C14H19FN4O2. The van der Waals surface area contributed by atoms with Gasteiger partial charge in [-0.2, -0.15) is 0 Å². The highest BCUT2D eigenvalue weighted by Crippen LogP contribution is 2.16. The molecule has 0 aromatic heterocycles. The molecule has 0 bridgehead atoms. The highest BCUT2D eigenvalue weighted by atomic mass is 19.1. The van der Waals surface area contributed by atoms with E-state index in [1.54, 1.807) is 26.0 Å². The van der Waals surface area contributed by atoms with Gasteiger partial charge in [0.15, 0.2) is 0 Å². The second-order valence-electron chi connectivity index (χ2n) is 4.74. The molecule has 7 heteroatoms. The predicted octanol–water partition coefficient (Wildman–Crippen LogP) is 2.59. The summed E-state index contributed by atoms with van der Waals surface area (Å²) in [6.45, 7) is 4.21. The summed E-state index contributed by atoms with van der Waals surface area (Å²) in [5.74, 6) is -0.775. The number of ether oxygens (including phenoxy) is 1. The van der Waals surface area contributed by atoms with E-state index in [1.807, 2.05) is 0 Å². The molecule has 21 heavy (non-hydrogen) atoms. The van der Waals surface area contributed by atoms with E-state index in [4.69, 9.17) is 10.3 Å². The maximum Gasteiger partial charge on any atom is 0.326 e. The van der Waals surface area contributed by atoms with Gasteiger partial charge in [-0.1, -0.05) is 17.2 Å². The van der Waals surface area contributed by atoms with E-state index in [1.165, 1.54) is 12.1 Å². The Hall–Kier alpha value is -2.11. The first kappa shape index (κ1) is 16.9. The van der Waals surface area contributed by atoms with Crippen molar-refractivity contribution in [3.05, 3.63) is 46.1 Å². The predicted molar refractivity (Wildman–Crippen MR) is 77.2 cm³/mol. The number of carbonyl (C=O) groups is 1. The fourth-order valence-electron chi connectivity index (χ4n) is 1.98. The number of hydrogen-bond acceptors (Lipinski definition) is 4. The van der Waals surface area contributed by atoms with Crippen LogP contribution in [0.15, 0.2) is 29.4 Å². The van der Waals surface area contributed by atoms with E-state index in [2.05, 4.69) is 15.3 Å². The van der Waals surface area contributed by atoms with Gasteiger partial charge in [-0.3, -0.25) is 4.79 Å². The van der Waals surface area contributed by atoms with Gasteiger partial charge in [0.25, 0.3) is 0 Å². The lowest BCUT2D eigenvalue weighted by Crippen LogP contribution is -2.53. The molecule has 0 aliphatic rings. The molecular weight excluding hydrogens is 275 g/mol. The molecule has 0 aliphatic heterocycles. The topological polar surface area (TPSA) is 87.1 Å². The third kappa shape index (κ3) is 5.41. The van der Waals surface area contributed by atoms with Crippen LogP contribution in [0.3, 0.4) is 0 Å². The summed E-state index contributed by atoms with van der Waals surface area (Å²) in [4.78, 5) is 14.8. The lowest BCUT2D eigenvalue weighted by molar-refractivity contribution is -0.150. The summed E-state index contributed by atoms with van der Waals surface area (Å²) >= 11 is 0. The first-order valence-corrected chi connectivity index (χ1v) is 6.69. The fraction of sp³-hybridized carbons (Fsp3) is 0.500. The summed E-state index contributed by atoms with van der Waals surface area (Å²) in [6, 6.07) is 6.07. The SMILES string of the molecule is CCOC(=O)C(C)(Cc1cccc(F)c1)NCCN=[N+]=[N-]. The van der Waals surface area contributed by atoms with Gasteiger partial charge in [0, 0.05) is 24.4 Å². The largest absolute Gasteiger partial charge is 0.465 e. The minimum absolute atomic E-state index is 0.217. The summed E-state index contributed by atoms with van der Waals surface area (Å²) in [5, 5.41) is 6.43. The Balaban J connectivity index is 2.84. The Bertz CT molecular complexity index is 531. The standard InChI is InChI=1S/C14H19FN4O2/c1-3-21-13(20)14(2,17-7-8-18-19-16)10-11-5-4-6-12(15)9-11/h4-6,9,17H,3,7-8,10H2,1-2H3. The summed E-state index contributed by atoms with van der Waals surface area (Å²) in [5.41, 5.74) is 7.93. The monoisotopic (exact) mass is 294 g/mol. The van der Waals surface area contributed by atoms with Gasteiger partial charge in [-0.15, -0.1) is 0 Å². The fourth-order valence-corrected chi connectivity index (χ4v) is 1.98. The quantitative estimate of drug-likeness (QED) is 0.263. The van der Waals surface area contributed by atoms with Crippen LogP contribution in [0, 0.1) is 5.82 Å². The van der Waals surface area contributed by atoms with Gasteiger partial charge in [0.2, 0.25) is 0 Å². The van der Waals surface area contributed by atoms with Crippen molar-refractivity contribution in [1.29, 1.82) is 0 Å². The Labute approximate surface area is 122 Å². The van der Waals surface area contributed by atoms with E-state index < -0.39 is 11.5 Å². The lowest BCUT2D eigenvalue weighted by atomic mass is 9.92. The zero-order valence-electron chi connectivity index (χ0n) is 12.2. The zero-order valence-corrected chi connectivity index (χ0v) is 12.2. The Morgan fingerprint density at radius 2 is 2.33 bits per heavy atom. The molecule has 0 aliphatic carbocycles. The third-order valence-corrected chi connectivity index (χ3v) is 2.96. The lowest BCUT2D eigenvalue weighted by Gasteiger charge is -2.28. The van der Waals surface area contributed by atoms with Crippen LogP contribution < -0.4 is 5.32 Å². The van der Waals surface area contributed by atoms with E-state index in [9.17, 15) is 9.18 Å². The van der Waals surface area contributed by atoms with Crippen molar-refractivity contribution in [1.82, 2.24) is 5.32 Å². The van der Waals surface area contributed by atoms with Gasteiger partial charge in [-0.25, -0.2) is 4.39 Å². The number of rotatable bonds is 8. The van der Waals surface area contributed by atoms with E-state index in [0.717, 1.165) is 0 Å². The second kappa shape index (κ2) is 8.24. The minimum atomic E-state index is -1.01. The van der Waals surface area contributed by atoms with E-state index in [-0.39, 0.29) is 25.4 Å². The number of esters is 1. The maximum atomic E-state index is 13.3. The van der Waals surface area contributed by atoms with Crippen molar-refractivity contribution in [2.75, 3.05) is 19.7 Å². The van der Waals surface area contributed by atoms with Crippen LogP contribution in [0.25, 0.3) is 10.4 Å². The number of nitrogens with zero attached hydrogens (tertiary/aromatic N) is 3. The van der Waals surface area contributed by atoms with Gasteiger partial charge < -0.3 is 10.1 Å². The third-order valence-electron chi connectivity index (χ3n) is 2.96. The van der Waals surface area contributed by atoms with E-state index >= 15 is 0 Å². The van der Waals surface area contributed by atoms with Crippen molar-refractivity contribution in [2.45, 2.75) is 25.8 Å². The van der Waals surface area contributed by atoms with Crippen molar-refractivity contribution >= 4 is 5.97 Å². The number of halogens is 1. The molecule has 114 valence electrons. The Morgan fingerprint density at radius 3 is 2.95 bits per heavy atom. The van der Waals surface area contributed by atoms with Crippen LogP contribution >= 0.6 is 0 Å². The number of hydrogen-bond donors (Lipinski definition) is 1. The molecule has 0 radical (unpaired) electrons. The molecule has 1 unspecified atom stereocenters. The molecule has 0 saturated carbocycles. The van der Waals surface area contributed by atoms with Crippen LogP contribution in [-0.4, -0.2) is 31.2 Å². The van der Waals surface area contributed by atoms with Crippen LogP contribution in [0.5, 0.6) is 0 Å². The van der Waals surface area contributed by atoms with Crippen LogP contribution in [0.4, 0.5) is 4.39 Å². The highest BCUT2D eigenvalue weighted by Gasteiger charge is 2.34. The first-order chi connectivity index (χ1) is 10.0. The highest BCUT2D eigenvalue weighted by molar-refractivity contribution is 5.80. The summed E-state index contributed by atoms with van der Waals surface area (Å²) in [7, 11) is 0. The van der Waals surface area contributed by atoms with Crippen molar-refractivity contribution in [3.63, 3.8) is 0 Å². The number of azide groups is 1. The molecule has 1 aromatic carbocycles. The smallest absolute Gasteiger partial charge is 0.326 e. The van der Waals surface area contributed by atoms with Gasteiger partial charge in [0.1, 0.15) is 11.4 Å². The van der Waals surface area contributed by atoms with Crippen molar-refractivity contribution < 1.29 is 13.9 Å². The molecule has 0 fully saturated rings. The summed E-state index contributed by atoms with van der Waals surface area (Å²) in [6.07, 6.45) is 0.278. The molecule has 1 aromatic rings. The first-order valence-electron chi connectivity index (χ1n) is 6.69. The second-order valence-corrected chi connectivity index (χ2v) is 4.74. The average molecular weight is 294 g/mol. The van der Waals surface area contributed by atoms with Crippen LogP contribution in [-0.2, 0) is 16.0 Å². The van der Waals surface area contributed by atoms with Gasteiger partial charge >= 0.3 is 5.97 Å². The van der Waals surface area contributed by atoms with Gasteiger partial charge in [0.05, 0.1) is 6.61 Å². The van der Waals surface area contributed by atoms with Crippen LogP contribution in [0.1, 0.15) is 19.4 Å². The number of nitrogens with one attached hydrogen (secondary N) is 1. The van der Waals surface area contributed by atoms with Crippen molar-refractivity contribution in [3.8, 4) is 0 Å².